The van der Waals surface area contributed by atoms with E-state index in [-0.39, 0.29) is 24.7 Å². The van der Waals surface area contributed by atoms with Crippen molar-refractivity contribution < 1.29 is 22.7 Å². The Morgan fingerprint density at radius 1 is 1.53 bits per heavy atom. The number of rotatable bonds is 4. The first kappa shape index (κ1) is 13.6. The summed E-state index contributed by atoms with van der Waals surface area (Å²) in [5.41, 5.74) is 0. The predicted octanol–water partition coefficient (Wildman–Crippen LogP) is 1.32. The highest BCUT2D eigenvalue weighted by molar-refractivity contribution is 5.94. The van der Waals surface area contributed by atoms with E-state index in [2.05, 4.69) is 20.4 Å². The largest absolute Gasteiger partial charge is 0.417 e. The molecule has 5 nitrogen and oxygen atoms in total. The van der Waals surface area contributed by atoms with Crippen LogP contribution in [-0.4, -0.2) is 36.3 Å². The van der Waals surface area contributed by atoms with Crippen LogP contribution in [0.25, 0.3) is 0 Å². The van der Waals surface area contributed by atoms with Gasteiger partial charge < -0.3 is 15.4 Å². The molecule has 104 valence electrons. The molecule has 0 bridgehead atoms. The molecule has 0 aromatic carbocycles. The number of hydrogen-bond donors (Lipinski definition) is 2. The lowest BCUT2D eigenvalue weighted by atomic mass is 10.2. The van der Waals surface area contributed by atoms with Crippen LogP contribution >= 0.6 is 0 Å². The molecule has 1 aliphatic heterocycles. The van der Waals surface area contributed by atoms with Gasteiger partial charge in [-0.1, -0.05) is 6.07 Å². The van der Waals surface area contributed by atoms with Crippen LogP contribution in [0.4, 0.5) is 19.0 Å². The average molecular weight is 275 g/mol. The first-order valence-corrected chi connectivity index (χ1v) is 5.65. The van der Waals surface area contributed by atoms with Crippen molar-refractivity contribution in [3.63, 3.8) is 0 Å². The molecule has 2 N–H and O–H groups in total. The third kappa shape index (κ3) is 3.82. The Bertz CT molecular complexity index is 459. The Labute approximate surface area is 107 Å². The van der Waals surface area contributed by atoms with Crippen LogP contribution in [0.3, 0.4) is 0 Å². The Morgan fingerprint density at radius 2 is 2.32 bits per heavy atom. The SMILES string of the molecule is O=C(Nc1cccc(OC(F)F)n1)C1CC(F)CN1. The molecule has 1 aliphatic rings. The van der Waals surface area contributed by atoms with E-state index >= 15 is 0 Å². The topological polar surface area (TPSA) is 63.2 Å². The molecule has 0 saturated carbocycles. The summed E-state index contributed by atoms with van der Waals surface area (Å²) in [7, 11) is 0. The molecule has 0 radical (unpaired) electrons. The van der Waals surface area contributed by atoms with Gasteiger partial charge in [-0.3, -0.25) is 4.79 Å². The number of ether oxygens (including phenoxy) is 1. The van der Waals surface area contributed by atoms with Gasteiger partial charge in [0.25, 0.3) is 0 Å². The lowest BCUT2D eigenvalue weighted by Crippen LogP contribution is -2.35. The fourth-order valence-electron chi connectivity index (χ4n) is 1.75. The second-order valence-corrected chi connectivity index (χ2v) is 4.02. The summed E-state index contributed by atoms with van der Waals surface area (Å²) in [6.45, 7) is -2.86. The number of hydrogen-bond acceptors (Lipinski definition) is 4. The van der Waals surface area contributed by atoms with Crippen LogP contribution in [0, 0.1) is 0 Å². The van der Waals surface area contributed by atoms with Crippen LogP contribution in [0.2, 0.25) is 0 Å². The predicted molar refractivity (Wildman–Crippen MR) is 60.8 cm³/mol. The molecule has 1 fully saturated rings. The normalized spacial score (nSPS) is 22.5. The maximum atomic E-state index is 12.9. The highest BCUT2D eigenvalue weighted by atomic mass is 19.3. The third-order valence-electron chi connectivity index (χ3n) is 2.58. The molecule has 1 amide bonds. The minimum absolute atomic E-state index is 0.0762. The smallest absolute Gasteiger partial charge is 0.388 e. The number of amides is 1. The van der Waals surface area contributed by atoms with E-state index in [1.165, 1.54) is 18.2 Å². The fraction of sp³-hybridized carbons (Fsp3) is 0.455. The highest BCUT2D eigenvalue weighted by Gasteiger charge is 2.29. The van der Waals surface area contributed by atoms with E-state index in [9.17, 15) is 18.0 Å². The number of nitrogens with zero attached hydrogens (tertiary/aromatic N) is 1. The zero-order chi connectivity index (χ0) is 13.8. The molecular weight excluding hydrogens is 263 g/mol. The van der Waals surface area contributed by atoms with E-state index in [1.54, 1.807) is 0 Å². The van der Waals surface area contributed by atoms with Gasteiger partial charge in [0, 0.05) is 19.0 Å². The Hall–Kier alpha value is -1.83. The second kappa shape index (κ2) is 5.87. The Morgan fingerprint density at radius 3 is 2.95 bits per heavy atom. The average Bonchev–Trinajstić information content (AvgIpc) is 2.75. The lowest BCUT2D eigenvalue weighted by molar-refractivity contribution is -0.117. The van der Waals surface area contributed by atoms with Crippen molar-refractivity contribution in [2.75, 3.05) is 11.9 Å². The van der Waals surface area contributed by atoms with Gasteiger partial charge in [-0.25, -0.2) is 4.39 Å². The number of anilines is 1. The van der Waals surface area contributed by atoms with Gasteiger partial charge in [0.15, 0.2) is 0 Å². The van der Waals surface area contributed by atoms with Crippen molar-refractivity contribution >= 4 is 11.7 Å². The summed E-state index contributed by atoms with van der Waals surface area (Å²) in [4.78, 5) is 15.4. The van der Waals surface area contributed by atoms with E-state index in [1.807, 2.05) is 0 Å². The monoisotopic (exact) mass is 275 g/mol. The van der Waals surface area contributed by atoms with Crippen LogP contribution < -0.4 is 15.4 Å². The molecule has 8 heteroatoms. The van der Waals surface area contributed by atoms with Crippen LogP contribution in [0.1, 0.15) is 6.42 Å². The first-order valence-electron chi connectivity index (χ1n) is 5.65. The van der Waals surface area contributed by atoms with Gasteiger partial charge in [-0.05, 0) is 6.07 Å². The van der Waals surface area contributed by atoms with Crippen LogP contribution in [0.15, 0.2) is 18.2 Å². The van der Waals surface area contributed by atoms with Gasteiger partial charge in [0.1, 0.15) is 12.0 Å². The number of nitrogens with one attached hydrogen (secondary N) is 2. The van der Waals surface area contributed by atoms with Crippen molar-refractivity contribution in [1.82, 2.24) is 10.3 Å². The van der Waals surface area contributed by atoms with Crippen molar-refractivity contribution in [3.05, 3.63) is 18.2 Å². The number of alkyl halides is 3. The van der Waals surface area contributed by atoms with Gasteiger partial charge in [-0.2, -0.15) is 13.8 Å². The minimum atomic E-state index is -2.98. The molecule has 2 unspecified atom stereocenters. The Kier molecular flexibility index (Phi) is 4.20. The van der Waals surface area contributed by atoms with E-state index in [4.69, 9.17) is 0 Å². The molecule has 2 heterocycles. The maximum Gasteiger partial charge on any atom is 0.388 e. The molecule has 1 aromatic rings. The number of halogens is 3. The summed E-state index contributed by atoms with van der Waals surface area (Å²) in [5, 5.41) is 5.12. The third-order valence-corrected chi connectivity index (χ3v) is 2.58. The first-order chi connectivity index (χ1) is 9.04. The van der Waals surface area contributed by atoms with Crippen LogP contribution in [-0.2, 0) is 4.79 Å². The van der Waals surface area contributed by atoms with Gasteiger partial charge >= 0.3 is 6.61 Å². The minimum Gasteiger partial charge on any atom is -0.417 e. The second-order valence-electron chi connectivity index (χ2n) is 4.02. The Balaban J connectivity index is 1.96. The number of carbonyl (C=O) groups is 1. The van der Waals surface area contributed by atoms with Crippen molar-refractivity contribution in [2.45, 2.75) is 25.2 Å². The summed E-state index contributed by atoms with van der Waals surface area (Å²) < 4.78 is 41.0. The molecule has 2 atom stereocenters. The van der Waals surface area contributed by atoms with Gasteiger partial charge in [0.2, 0.25) is 11.8 Å². The molecule has 0 aliphatic carbocycles. The number of pyridine rings is 1. The lowest BCUT2D eigenvalue weighted by Gasteiger charge is -2.11. The summed E-state index contributed by atoms with van der Waals surface area (Å²) in [6.07, 6.45) is -0.976. The molecule has 1 saturated heterocycles. The molecule has 1 aromatic heterocycles. The van der Waals surface area contributed by atoms with E-state index in [0.29, 0.717) is 0 Å². The number of carbonyl (C=O) groups excluding carboxylic acids is 1. The summed E-state index contributed by atoms with van der Waals surface area (Å²) in [5.74, 6) is -0.676. The van der Waals surface area contributed by atoms with Crippen molar-refractivity contribution in [3.8, 4) is 5.88 Å². The van der Waals surface area contributed by atoms with Crippen molar-refractivity contribution in [1.29, 1.82) is 0 Å². The maximum absolute atomic E-state index is 12.9. The van der Waals surface area contributed by atoms with Crippen LogP contribution in [0.5, 0.6) is 5.88 Å². The zero-order valence-electron chi connectivity index (χ0n) is 9.78. The van der Waals surface area contributed by atoms with Crippen molar-refractivity contribution in [2.24, 2.45) is 0 Å². The highest BCUT2D eigenvalue weighted by Crippen LogP contribution is 2.16. The summed E-state index contributed by atoms with van der Waals surface area (Å²) in [6, 6.07) is 3.45. The molecule has 0 spiro atoms. The fourth-order valence-corrected chi connectivity index (χ4v) is 1.75. The number of aromatic nitrogens is 1. The molecule has 2 rings (SSSR count). The van der Waals surface area contributed by atoms with E-state index < -0.39 is 24.7 Å². The van der Waals surface area contributed by atoms with E-state index in [0.717, 1.165) is 0 Å². The summed E-state index contributed by atoms with van der Waals surface area (Å²) >= 11 is 0. The standard InChI is InChI=1S/C11H12F3N3O2/c12-6-4-7(15-5-6)10(18)17-8-2-1-3-9(16-8)19-11(13)14/h1-3,6-7,11,15H,4-5H2,(H,16,17,18). The molecular formula is C11H12F3N3O2. The quantitative estimate of drug-likeness (QED) is 0.870. The molecule has 19 heavy (non-hydrogen) atoms. The zero-order valence-corrected chi connectivity index (χ0v) is 9.78. The van der Waals surface area contributed by atoms with Gasteiger partial charge in [-0.15, -0.1) is 0 Å². The van der Waals surface area contributed by atoms with Gasteiger partial charge in [0.05, 0.1) is 6.04 Å².